The van der Waals surface area contributed by atoms with E-state index < -0.39 is 17.8 Å². The van der Waals surface area contributed by atoms with E-state index in [0.717, 1.165) is 12.3 Å². The normalized spacial score (nSPS) is 14.3. The highest BCUT2D eigenvalue weighted by Gasteiger charge is 2.21. The summed E-state index contributed by atoms with van der Waals surface area (Å²) >= 11 is 6.57. The van der Waals surface area contributed by atoms with Crippen LogP contribution in [0.1, 0.15) is 24.1 Å². The molecule has 0 saturated carbocycles. The van der Waals surface area contributed by atoms with Gasteiger partial charge in [0, 0.05) is 29.5 Å². The van der Waals surface area contributed by atoms with Gasteiger partial charge in [0.25, 0.3) is 0 Å². The molecule has 5 N–H and O–H groups in total. The number of benzene rings is 2. The van der Waals surface area contributed by atoms with Crippen molar-refractivity contribution in [3.05, 3.63) is 100 Å². The first-order valence-electron chi connectivity index (χ1n) is 11.2. The lowest BCUT2D eigenvalue weighted by Gasteiger charge is -2.22. The Kier molecular flexibility index (Phi) is 6.05. The predicted molar refractivity (Wildman–Crippen MR) is 134 cm³/mol. The van der Waals surface area contributed by atoms with Gasteiger partial charge in [0.05, 0.1) is 58.4 Å². The lowest BCUT2D eigenvalue weighted by Crippen LogP contribution is -2.33. The van der Waals surface area contributed by atoms with Gasteiger partial charge in [-0.2, -0.15) is 20.4 Å². The monoisotopic (exact) mass is 516 g/mol. The Morgan fingerprint density at radius 1 is 1.05 bits per heavy atom. The summed E-state index contributed by atoms with van der Waals surface area (Å²) < 4.78 is 36.5. The van der Waals surface area contributed by atoms with Crippen molar-refractivity contribution in [2.75, 3.05) is 10.6 Å². The largest absolute Gasteiger partial charge is 0.373 e. The second kappa shape index (κ2) is 9.95. The van der Waals surface area contributed by atoms with Crippen LogP contribution in [0.15, 0.2) is 66.8 Å². The Bertz CT molecular complexity index is 1700. The summed E-state index contributed by atoms with van der Waals surface area (Å²) in [7, 11) is 0. The number of anilines is 3. The Morgan fingerprint density at radius 3 is 2.65 bits per heavy atom. The van der Waals surface area contributed by atoms with Crippen LogP contribution < -0.4 is 27.0 Å². The minimum atomic E-state index is -1.63. The van der Waals surface area contributed by atoms with Crippen molar-refractivity contribution in [3.63, 3.8) is 0 Å². The van der Waals surface area contributed by atoms with Crippen molar-refractivity contribution in [2.45, 2.75) is 6.02 Å². The van der Waals surface area contributed by atoms with Gasteiger partial charge in [-0.05, 0) is 29.8 Å². The van der Waals surface area contributed by atoms with Gasteiger partial charge in [0.1, 0.15) is 6.07 Å². The fourth-order valence-electron chi connectivity index (χ4n) is 3.75. The highest BCUT2D eigenvalue weighted by atomic mass is 35.5. The van der Waals surface area contributed by atoms with Gasteiger partial charge in [0.2, 0.25) is 5.95 Å². The zero-order valence-electron chi connectivity index (χ0n) is 19.7. The molecule has 182 valence electrons. The molecule has 5 rings (SSSR count). The first-order valence-corrected chi connectivity index (χ1v) is 11.1. The molecule has 1 aliphatic rings. The van der Waals surface area contributed by atoms with Crippen LogP contribution in [0, 0.1) is 34.4 Å². The number of hydrogen-bond donors (Lipinski definition) is 5. The van der Waals surface area contributed by atoms with Crippen LogP contribution in [-0.2, 0) is 0 Å². The van der Waals surface area contributed by atoms with Gasteiger partial charge in [-0.1, -0.05) is 23.7 Å². The maximum Gasteiger partial charge on any atom is 0.249 e. The van der Waals surface area contributed by atoms with E-state index in [0.29, 0.717) is 33.4 Å². The molecule has 0 radical (unpaired) electrons. The van der Waals surface area contributed by atoms with Crippen molar-refractivity contribution in [1.82, 2.24) is 26.4 Å². The first kappa shape index (κ1) is 22.5. The van der Waals surface area contributed by atoms with Crippen molar-refractivity contribution < 1.29 is 10.2 Å². The number of nitriles is 2. The standard InChI is InChI=1S/C25H16ClF2N9/c26-19-6-16(34-23(21-12-33-37-36-21)14-3-1-2-13(4-14)8-29)5-18-22(15(9-30)10-31-24(18)19)35-17-7-20(27)25(28)32-11-17/h1-7,10-12,23,33-34,36-37H,(H,31,35)/i23D. The minimum Gasteiger partial charge on any atom is -0.373 e. The van der Waals surface area contributed by atoms with E-state index in [9.17, 15) is 20.7 Å². The number of rotatable bonds is 6. The minimum absolute atomic E-state index is 0.100. The van der Waals surface area contributed by atoms with Crippen LogP contribution in [0.2, 0.25) is 5.02 Å². The third-order valence-corrected chi connectivity index (χ3v) is 5.70. The summed E-state index contributed by atoms with van der Waals surface area (Å²) in [6.07, 6.45) is 3.95. The van der Waals surface area contributed by atoms with E-state index in [1.165, 1.54) is 6.20 Å². The molecule has 37 heavy (non-hydrogen) atoms. The molecule has 0 amide bonds. The van der Waals surface area contributed by atoms with Crippen LogP contribution in [0.3, 0.4) is 0 Å². The number of pyridine rings is 2. The second-order valence-electron chi connectivity index (χ2n) is 7.78. The van der Waals surface area contributed by atoms with Crippen LogP contribution in [-0.4, -0.2) is 9.97 Å². The molecular weight excluding hydrogens is 500 g/mol. The molecule has 0 fully saturated rings. The van der Waals surface area contributed by atoms with Crippen LogP contribution in [0.4, 0.5) is 25.8 Å². The number of nitrogens with one attached hydrogen (secondary N) is 5. The van der Waals surface area contributed by atoms with Gasteiger partial charge >= 0.3 is 0 Å². The Balaban J connectivity index is 1.64. The molecule has 2 aromatic heterocycles. The molecule has 1 aliphatic heterocycles. The van der Waals surface area contributed by atoms with E-state index in [1.54, 1.807) is 42.6 Å². The average Bonchev–Trinajstić information content (AvgIpc) is 3.47. The summed E-state index contributed by atoms with van der Waals surface area (Å²) in [6, 6.07) is 13.2. The number of halogens is 3. The predicted octanol–water partition coefficient (Wildman–Crippen LogP) is 4.66. The second-order valence-corrected chi connectivity index (χ2v) is 8.19. The molecule has 3 heterocycles. The number of hydrazine groups is 2. The average molecular weight is 517 g/mol. The molecule has 0 spiro atoms. The van der Waals surface area contributed by atoms with Crippen molar-refractivity contribution in [3.8, 4) is 12.1 Å². The maximum absolute atomic E-state index is 13.8. The number of fused-ring (bicyclic) bond motifs is 1. The lowest BCUT2D eigenvalue weighted by molar-refractivity contribution is 0.480. The van der Waals surface area contributed by atoms with E-state index in [2.05, 4.69) is 43.1 Å². The third kappa shape index (κ3) is 4.77. The fourth-order valence-corrected chi connectivity index (χ4v) is 4.02. The molecule has 9 nitrogen and oxygen atoms in total. The first-order chi connectivity index (χ1) is 18.3. The van der Waals surface area contributed by atoms with Crippen molar-refractivity contribution in [2.24, 2.45) is 0 Å². The Hall–Kier alpha value is -4.97. The SMILES string of the molecule is [2H]C(Nc1cc(Cl)c2ncc(C#N)c(Nc3cnc(F)c(F)c3)c2c1)(C1=CNNN1)c1cccc(C#N)c1. The third-order valence-electron chi connectivity index (χ3n) is 5.42. The van der Waals surface area contributed by atoms with Crippen LogP contribution >= 0.6 is 11.6 Å². The summed E-state index contributed by atoms with van der Waals surface area (Å²) in [4.78, 5) is 7.65. The zero-order chi connectivity index (χ0) is 26.9. The van der Waals surface area contributed by atoms with Crippen LogP contribution in [0.25, 0.3) is 10.9 Å². The van der Waals surface area contributed by atoms with Gasteiger partial charge in [0.15, 0.2) is 5.82 Å². The number of hydrogen-bond acceptors (Lipinski definition) is 9. The van der Waals surface area contributed by atoms with E-state index in [1.807, 2.05) is 6.07 Å². The Labute approximate surface area is 215 Å². The molecular formula is C25H16ClF2N9. The van der Waals surface area contributed by atoms with Gasteiger partial charge in [-0.25, -0.2) is 9.37 Å². The molecule has 1 unspecified atom stereocenters. The number of nitrogens with zero attached hydrogens (tertiary/aromatic N) is 4. The molecule has 0 saturated heterocycles. The molecule has 4 aromatic rings. The van der Waals surface area contributed by atoms with Gasteiger partial charge in [-0.15, -0.1) is 0 Å². The quantitative estimate of drug-likeness (QED) is 0.232. The topological polar surface area (TPSA) is 134 Å². The Morgan fingerprint density at radius 2 is 1.92 bits per heavy atom. The summed E-state index contributed by atoms with van der Waals surface area (Å²) in [5.74, 6) is -2.42. The zero-order valence-corrected chi connectivity index (χ0v) is 19.5. The molecule has 0 aliphatic carbocycles. The van der Waals surface area contributed by atoms with E-state index in [-0.39, 0.29) is 22.0 Å². The van der Waals surface area contributed by atoms with E-state index >= 15 is 0 Å². The highest BCUT2D eigenvalue weighted by molar-refractivity contribution is 6.36. The van der Waals surface area contributed by atoms with Crippen molar-refractivity contribution >= 4 is 39.6 Å². The molecule has 0 bridgehead atoms. The number of aromatic nitrogens is 2. The maximum atomic E-state index is 13.8. The van der Waals surface area contributed by atoms with Gasteiger partial charge < -0.3 is 21.5 Å². The molecule has 12 heteroatoms. The van der Waals surface area contributed by atoms with Crippen LogP contribution in [0.5, 0.6) is 0 Å². The smallest absolute Gasteiger partial charge is 0.249 e. The fraction of sp³-hybridized carbons (Fsp3) is 0.0400. The molecule has 1 atom stereocenters. The van der Waals surface area contributed by atoms with Gasteiger partial charge in [-0.3, -0.25) is 4.98 Å². The summed E-state index contributed by atoms with van der Waals surface area (Å²) in [5.41, 5.74) is 10.7. The van der Waals surface area contributed by atoms with Crippen molar-refractivity contribution in [1.29, 1.82) is 10.5 Å². The lowest BCUT2D eigenvalue weighted by atomic mass is 10.0. The highest BCUT2D eigenvalue weighted by Crippen LogP contribution is 2.36. The summed E-state index contributed by atoms with van der Waals surface area (Å²) in [5, 5.41) is 25.7. The van der Waals surface area contributed by atoms with E-state index in [4.69, 9.17) is 11.6 Å². The summed E-state index contributed by atoms with van der Waals surface area (Å²) in [6.45, 7) is 0. The molecule has 2 aromatic carbocycles.